The largest absolute Gasteiger partial charge is 0.427 e. The third kappa shape index (κ3) is 8.61. The molecule has 0 N–H and O–H groups in total. The van der Waals surface area contributed by atoms with Crippen molar-refractivity contribution in [3.8, 4) is 29.1 Å². The highest BCUT2D eigenvalue weighted by Gasteiger charge is 2.13. The smallest absolute Gasteiger partial charge is 0.355 e. The molecule has 0 saturated heterocycles. The van der Waals surface area contributed by atoms with Gasteiger partial charge in [0, 0.05) is 30.4 Å². The molecule has 2 aromatic rings. The SMILES string of the molecule is CC(=O)Oc1ccc2c(CC#CCOCCOCC#C[Si](C)(C)C)c(Cl)c(=O)oc2c1. The van der Waals surface area contributed by atoms with Crippen molar-refractivity contribution in [2.24, 2.45) is 0 Å². The lowest BCUT2D eigenvalue weighted by atomic mass is 10.1. The van der Waals surface area contributed by atoms with Gasteiger partial charge in [-0.3, -0.25) is 4.79 Å². The van der Waals surface area contributed by atoms with E-state index < -0.39 is 19.7 Å². The van der Waals surface area contributed by atoms with E-state index >= 15 is 0 Å². The molecule has 8 heteroatoms. The molecule has 0 amide bonds. The summed E-state index contributed by atoms with van der Waals surface area (Å²) in [4.78, 5) is 23.1. The zero-order chi connectivity index (χ0) is 22.9. The second kappa shape index (κ2) is 11.7. The standard InChI is InChI=1S/C23H25ClO6Si/c1-17(25)29-18-9-10-19-20(22(24)23(26)30-21(19)16-18)8-5-6-11-27-13-14-28-12-7-15-31(2,3)4/h9-10,16H,8,11-14H2,1-4H3. The Morgan fingerprint density at radius 2 is 1.77 bits per heavy atom. The lowest BCUT2D eigenvalue weighted by molar-refractivity contribution is -0.131. The summed E-state index contributed by atoms with van der Waals surface area (Å²) in [5.41, 5.74) is 3.39. The number of hydrogen-bond donors (Lipinski definition) is 0. The average Bonchev–Trinajstić information content (AvgIpc) is 2.67. The molecule has 0 spiro atoms. The second-order valence-electron chi connectivity index (χ2n) is 7.62. The van der Waals surface area contributed by atoms with Gasteiger partial charge >= 0.3 is 11.6 Å². The van der Waals surface area contributed by atoms with Crippen LogP contribution >= 0.6 is 11.6 Å². The van der Waals surface area contributed by atoms with Crippen molar-refractivity contribution >= 4 is 36.6 Å². The van der Waals surface area contributed by atoms with E-state index in [4.69, 9.17) is 30.2 Å². The van der Waals surface area contributed by atoms with Crippen molar-refractivity contribution in [3.63, 3.8) is 0 Å². The molecule has 0 fully saturated rings. The van der Waals surface area contributed by atoms with E-state index in [9.17, 15) is 9.59 Å². The molecule has 1 aromatic carbocycles. The van der Waals surface area contributed by atoms with Gasteiger partial charge in [-0.25, -0.2) is 4.79 Å². The minimum atomic E-state index is -1.36. The van der Waals surface area contributed by atoms with Crippen LogP contribution in [0.5, 0.6) is 5.75 Å². The van der Waals surface area contributed by atoms with Gasteiger partial charge in [0.1, 0.15) is 37.6 Å². The van der Waals surface area contributed by atoms with Gasteiger partial charge in [0.25, 0.3) is 0 Å². The van der Waals surface area contributed by atoms with Crippen LogP contribution in [0.25, 0.3) is 11.0 Å². The lowest BCUT2D eigenvalue weighted by Crippen LogP contribution is -2.16. The number of fused-ring (bicyclic) bond motifs is 1. The second-order valence-corrected chi connectivity index (χ2v) is 12.7. The highest BCUT2D eigenvalue weighted by Crippen LogP contribution is 2.27. The van der Waals surface area contributed by atoms with Crippen LogP contribution in [-0.4, -0.2) is 40.5 Å². The van der Waals surface area contributed by atoms with E-state index in [2.05, 4.69) is 42.9 Å². The zero-order valence-corrected chi connectivity index (χ0v) is 19.9. The van der Waals surface area contributed by atoms with Crippen molar-refractivity contribution in [1.29, 1.82) is 0 Å². The summed E-state index contributed by atoms with van der Waals surface area (Å²) in [6.45, 7) is 9.34. The van der Waals surface area contributed by atoms with E-state index in [1.165, 1.54) is 13.0 Å². The van der Waals surface area contributed by atoms with Crippen LogP contribution < -0.4 is 10.4 Å². The molecule has 0 aliphatic carbocycles. The third-order valence-electron chi connectivity index (χ3n) is 3.76. The number of benzene rings is 1. The van der Waals surface area contributed by atoms with Crippen LogP contribution in [0.1, 0.15) is 12.5 Å². The van der Waals surface area contributed by atoms with Gasteiger partial charge in [0.05, 0.1) is 13.2 Å². The Kier molecular flexibility index (Phi) is 9.36. The Morgan fingerprint density at radius 3 is 2.42 bits per heavy atom. The number of carbonyl (C=O) groups excluding carboxylic acids is 1. The molecule has 2 rings (SSSR count). The van der Waals surface area contributed by atoms with Crippen LogP contribution in [0.15, 0.2) is 27.4 Å². The van der Waals surface area contributed by atoms with Crippen LogP contribution in [-0.2, 0) is 20.7 Å². The maximum Gasteiger partial charge on any atom is 0.355 e. The van der Waals surface area contributed by atoms with Gasteiger partial charge in [0.2, 0.25) is 0 Å². The molecule has 6 nitrogen and oxygen atoms in total. The fraction of sp³-hybridized carbons (Fsp3) is 0.391. The number of ether oxygens (including phenoxy) is 3. The topological polar surface area (TPSA) is 75.0 Å². The molecule has 0 unspecified atom stereocenters. The van der Waals surface area contributed by atoms with Gasteiger partial charge in [-0.1, -0.05) is 49.0 Å². The van der Waals surface area contributed by atoms with Crippen molar-refractivity contribution < 1.29 is 23.4 Å². The summed E-state index contributed by atoms with van der Waals surface area (Å²) in [7, 11) is -1.36. The molecule has 0 atom stereocenters. The van der Waals surface area contributed by atoms with Gasteiger partial charge in [-0.15, -0.1) is 5.54 Å². The highest BCUT2D eigenvalue weighted by atomic mass is 35.5. The van der Waals surface area contributed by atoms with Gasteiger partial charge < -0.3 is 18.6 Å². The summed E-state index contributed by atoms with van der Waals surface area (Å²) >= 11 is 6.13. The van der Waals surface area contributed by atoms with E-state index in [0.717, 1.165) is 0 Å². The molecule has 0 saturated carbocycles. The first-order valence-corrected chi connectivity index (χ1v) is 13.6. The van der Waals surface area contributed by atoms with Crippen molar-refractivity contribution in [1.82, 2.24) is 0 Å². The summed E-state index contributed by atoms with van der Waals surface area (Å²) < 4.78 is 21.0. The summed E-state index contributed by atoms with van der Waals surface area (Å²) in [6.07, 6.45) is 0.250. The summed E-state index contributed by atoms with van der Waals surface area (Å²) in [5, 5.41) is 0.610. The number of hydrogen-bond acceptors (Lipinski definition) is 6. The first-order valence-electron chi connectivity index (χ1n) is 9.72. The van der Waals surface area contributed by atoms with E-state index in [-0.39, 0.29) is 29.4 Å². The number of halogens is 1. The fourth-order valence-corrected chi connectivity index (χ4v) is 3.30. The first-order chi connectivity index (χ1) is 14.7. The Balaban J connectivity index is 1.89. The van der Waals surface area contributed by atoms with Crippen LogP contribution in [0.2, 0.25) is 24.7 Å². The quantitative estimate of drug-likeness (QED) is 0.156. The Labute approximate surface area is 187 Å². The Morgan fingerprint density at radius 1 is 1.10 bits per heavy atom. The summed E-state index contributed by atoms with van der Waals surface area (Å²) in [5.74, 6) is 8.69. The molecule has 164 valence electrons. The molecule has 1 aromatic heterocycles. The summed E-state index contributed by atoms with van der Waals surface area (Å²) in [6, 6.07) is 4.76. The molecule has 1 heterocycles. The minimum absolute atomic E-state index is 0.0178. The average molecular weight is 461 g/mol. The predicted octanol–water partition coefficient (Wildman–Crippen LogP) is 3.83. The van der Waals surface area contributed by atoms with Crippen molar-refractivity contribution in [2.45, 2.75) is 33.0 Å². The number of carbonyl (C=O) groups is 1. The van der Waals surface area contributed by atoms with Gasteiger partial charge in [-0.05, 0) is 12.1 Å². The Hall–Kier alpha value is -2.55. The van der Waals surface area contributed by atoms with Gasteiger partial charge in [-0.2, -0.15) is 0 Å². The molecule has 0 radical (unpaired) electrons. The van der Waals surface area contributed by atoms with Crippen molar-refractivity contribution in [2.75, 3.05) is 26.4 Å². The minimum Gasteiger partial charge on any atom is -0.427 e. The first kappa shape index (κ1) is 24.7. The highest BCUT2D eigenvalue weighted by molar-refractivity contribution is 6.83. The predicted molar refractivity (Wildman–Crippen MR) is 123 cm³/mol. The van der Waals surface area contributed by atoms with Crippen LogP contribution in [0.4, 0.5) is 0 Å². The lowest BCUT2D eigenvalue weighted by Gasteiger charge is -2.07. The van der Waals surface area contributed by atoms with E-state index in [0.29, 0.717) is 30.8 Å². The maximum atomic E-state index is 12.0. The molecular formula is C23H25ClO6Si. The van der Waals surface area contributed by atoms with Crippen molar-refractivity contribution in [3.05, 3.63) is 39.2 Å². The van der Waals surface area contributed by atoms with Gasteiger partial charge in [0.15, 0.2) is 0 Å². The van der Waals surface area contributed by atoms with E-state index in [1.807, 2.05) is 0 Å². The molecular weight excluding hydrogens is 436 g/mol. The number of esters is 1. The maximum absolute atomic E-state index is 12.0. The van der Waals surface area contributed by atoms with E-state index in [1.54, 1.807) is 12.1 Å². The monoisotopic (exact) mass is 460 g/mol. The zero-order valence-electron chi connectivity index (χ0n) is 18.1. The fourth-order valence-electron chi connectivity index (χ4n) is 2.49. The van der Waals surface area contributed by atoms with Crippen LogP contribution in [0, 0.1) is 23.3 Å². The molecule has 31 heavy (non-hydrogen) atoms. The third-order valence-corrected chi connectivity index (χ3v) is 5.07. The molecule has 0 aliphatic heterocycles. The molecule has 0 aliphatic rings. The Bertz CT molecular complexity index is 1110. The number of rotatable bonds is 7. The normalized spacial score (nSPS) is 10.7. The molecule has 0 bridgehead atoms. The van der Waals surface area contributed by atoms with Crippen LogP contribution in [0.3, 0.4) is 0 Å².